The van der Waals surface area contributed by atoms with Crippen molar-refractivity contribution in [3.8, 4) is 62.4 Å². The lowest BCUT2D eigenvalue weighted by molar-refractivity contribution is 0.953. The summed E-state index contributed by atoms with van der Waals surface area (Å²) in [4.78, 5) is 16.0. The lowest BCUT2D eigenvalue weighted by Gasteiger charge is -2.14. The fourth-order valence-corrected chi connectivity index (χ4v) is 10.6. The van der Waals surface area contributed by atoms with E-state index in [1.165, 1.54) is 21.8 Å². The van der Waals surface area contributed by atoms with Gasteiger partial charge in [-0.15, -0.1) is 0 Å². The second kappa shape index (κ2) is 15.6. The second-order valence-corrected chi connectivity index (χ2v) is 17.6. The van der Waals surface area contributed by atoms with Gasteiger partial charge in [0.05, 0.1) is 33.1 Å². The summed E-state index contributed by atoms with van der Waals surface area (Å²) >= 11 is 0. The molecule has 69 heavy (non-hydrogen) atoms. The molecular weight excluding hydrogens is 841 g/mol. The van der Waals surface area contributed by atoms with Gasteiger partial charge >= 0.3 is 0 Å². The van der Waals surface area contributed by atoms with Crippen LogP contribution in [-0.2, 0) is 0 Å². The van der Waals surface area contributed by atoms with Crippen LogP contribution in [0.1, 0.15) is 0 Å². The van der Waals surface area contributed by atoms with E-state index in [2.05, 4.69) is 232 Å². The molecule has 0 saturated heterocycles. The van der Waals surface area contributed by atoms with Crippen molar-refractivity contribution in [3.63, 3.8) is 0 Å². The lowest BCUT2D eigenvalue weighted by Crippen LogP contribution is -2.07. The number of nitrogens with zero attached hydrogens (tertiary/aromatic N) is 6. The predicted molar refractivity (Wildman–Crippen MR) is 285 cm³/mol. The molecule has 0 aliphatic carbocycles. The monoisotopic (exact) mass is 880 g/mol. The zero-order chi connectivity index (χ0) is 45.4. The van der Waals surface area contributed by atoms with Gasteiger partial charge in [0.25, 0.3) is 0 Å². The molecule has 10 aromatic carbocycles. The molecule has 4 aromatic heterocycles. The maximum absolute atomic E-state index is 5.43. The summed E-state index contributed by atoms with van der Waals surface area (Å²) in [5, 5.41) is 6.97. The van der Waals surface area contributed by atoms with E-state index in [9.17, 15) is 0 Å². The molecule has 0 bridgehead atoms. The van der Waals surface area contributed by atoms with E-state index in [-0.39, 0.29) is 0 Å². The molecule has 0 atom stereocenters. The van der Waals surface area contributed by atoms with Gasteiger partial charge in [-0.1, -0.05) is 194 Å². The summed E-state index contributed by atoms with van der Waals surface area (Å²) in [6.07, 6.45) is 0. The Labute approximate surface area is 397 Å². The minimum Gasteiger partial charge on any atom is -0.309 e. The van der Waals surface area contributed by atoms with Gasteiger partial charge in [0.1, 0.15) is 0 Å². The van der Waals surface area contributed by atoms with E-state index >= 15 is 0 Å². The molecule has 4 heterocycles. The molecule has 6 nitrogen and oxygen atoms in total. The largest absolute Gasteiger partial charge is 0.309 e. The maximum Gasteiger partial charge on any atom is 0.238 e. The highest BCUT2D eigenvalue weighted by atomic mass is 15.2. The van der Waals surface area contributed by atoms with Gasteiger partial charge in [-0.2, -0.15) is 9.97 Å². The molecule has 0 aliphatic heterocycles. The van der Waals surface area contributed by atoms with Crippen LogP contribution in [-0.4, -0.2) is 28.7 Å². The number of hydrogen-bond acceptors (Lipinski definition) is 3. The van der Waals surface area contributed by atoms with E-state index < -0.39 is 0 Å². The van der Waals surface area contributed by atoms with Gasteiger partial charge in [-0.25, -0.2) is 4.98 Å². The van der Waals surface area contributed by atoms with Crippen molar-refractivity contribution in [1.82, 2.24) is 28.7 Å². The molecule has 322 valence electrons. The molecule has 6 heteroatoms. The van der Waals surface area contributed by atoms with Gasteiger partial charge < -0.3 is 9.13 Å². The minimum atomic E-state index is 0.547. The molecule has 14 rings (SSSR count). The maximum atomic E-state index is 5.43. The van der Waals surface area contributed by atoms with E-state index in [1.807, 2.05) is 24.3 Å². The van der Waals surface area contributed by atoms with Crippen molar-refractivity contribution in [2.75, 3.05) is 0 Å². The van der Waals surface area contributed by atoms with Crippen molar-refractivity contribution in [1.29, 1.82) is 0 Å². The van der Waals surface area contributed by atoms with Crippen LogP contribution in [0.2, 0.25) is 0 Å². The minimum absolute atomic E-state index is 0.547. The van der Waals surface area contributed by atoms with Gasteiger partial charge in [0.15, 0.2) is 11.6 Å². The summed E-state index contributed by atoms with van der Waals surface area (Å²) in [7, 11) is 0. The molecule has 0 spiro atoms. The standard InChI is InChI=1S/C63H40N6/c1-4-17-41(18-5-1)43-31-33-45(34-32-43)62-64-61(44-21-8-3-9-22-44)65-63(66-62)69-57-30-15-12-27-51(57)52-36-37-53-54-40-48(67-55-28-13-10-25-49(55)50-26-11-14-29-56(50)67)35-38-58(54)68(59(53)60(52)69)47-24-16-23-46(39-47)42-19-6-2-7-20-42/h1-40H. The van der Waals surface area contributed by atoms with Crippen LogP contribution in [0.3, 0.4) is 0 Å². The van der Waals surface area contributed by atoms with Crippen LogP contribution in [0.25, 0.3) is 128 Å². The van der Waals surface area contributed by atoms with Crippen LogP contribution >= 0.6 is 0 Å². The van der Waals surface area contributed by atoms with Gasteiger partial charge in [0, 0.05) is 54.8 Å². The fraction of sp³-hybridized carbons (Fsp3) is 0. The number of fused-ring (bicyclic) bond motifs is 10. The Hall–Kier alpha value is -9.39. The lowest BCUT2D eigenvalue weighted by atomic mass is 10.0. The van der Waals surface area contributed by atoms with Crippen molar-refractivity contribution in [3.05, 3.63) is 243 Å². The van der Waals surface area contributed by atoms with E-state index in [0.29, 0.717) is 17.6 Å². The first-order valence-electron chi connectivity index (χ1n) is 23.4. The number of rotatable bonds is 7. The summed E-state index contributed by atoms with van der Waals surface area (Å²) in [5.74, 6) is 1.75. The van der Waals surface area contributed by atoms with Crippen molar-refractivity contribution in [2.45, 2.75) is 0 Å². The number of aromatic nitrogens is 6. The second-order valence-electron chi connectivity index (χ2n) is 17.6. The summed E-state index contributed by atoms with van der Waals surface area (Å²) in [6, 6.07) is 86.4. The molecule has 0 N–H and O–H groups in total. The quantitative estimate of drug-likeness (QED) is 0.160. The number of benzene rings is 10. The van der Waals surface area contributed by atoms with Crippen LogP contribution < -0.4 is 0 Å². The third-order valence-corrected chi connectivity index (χ3v) is 13.7. The van der Waals surface area contributed by atoms with Crippen LogP contribution in [0.5, 0.6) is 0 Å². The first-order chi connectivity index (χ1) is 34.2. The van der Waals surface area contributed by atoms with Gasteiger partial charge in [-0.05, 0) is 70.8 Å². The predicted octanol–water partition coefficient (Wildman–Crippen LogP) is 15.8. The van der Waals surface area contributed by atoms with Crippen molar-refractivity contribution >= 4 is 65.4 Å². The highest BCUT2D eigenvalue weighted by Crippen LogP contribution is 2.43. The fourth-order valence-electron chi connectivity index (χ4n) is 10.6. The summed E-state index contributed by atoms with van der Waals surface area (Å²) < 4.78 is 7.13. The van der Waals surface area contributed by atoms with E-state index in [4.69, 9.17) is 15.0 Å². The molecule has 0 saturated carbocycles. The number of para-hydroxylation sites is 3. The van der Waals surface area contributed by atoms with Gasteiger partial charge in [-0.3, -0.25) is 4.57 Å². The number of hydrogen-bond donors (Lipinski definition) is 0. The molecule has 0 aliphatic rings. The molecule has 0 amide bonds. The molecule has 14 aromatic rings. The zero-order valence-electron chi connectivity index (χ0n) is 37.3. The van der Waals surface area contributed by atoms with Crippen molar-refractivity contribution in [2.24, 2.45) is 0 Å². The normalized spacial score (nSPS) is 11.8. The van der Waals surface area contributed by atoms with Crippen LogP contribution in [0.15, 0.2) is 243 Å². The molecular formula is C63H40N6. The summed E-state index contributed by atoms with van der Waals surface area (Å²) in [6.45, 7) is 0. The third-order valence-electron chi connectivity index (χ3n) is 13.7. The summed E-state index contributed by atoms with van der Waals surface area (Å²) in [5.41, 5.74) is 15.1. The molecule has 0 fully saturated rings. The average molecular weight is 881 g/mol. The Morgan fingerprint density at radius 2 is 0.652 bits per heavy atom. The first kappa shape index (κ1) is 38.8. The third kappa shape index (κ3) is 6.23. The van der Waals surface area contributed by atoms with E-state index in [0.717, 1.165) is 88.4 Å². The zero-order valence-corrected chi connectivity index (χ0v) is 37.3. The van der Waals surface area contributed by atoms with Crippen LogP contribution in [0, 0.1) is 0 Å². The molecule has 0 radical (unpaired) electrons. The first-order valence-corrected chi connectivity index (χ1v) is 23.4. The van der Waals surface area contributed by atoms with Gasteiger partial charge in [0.2, 0.25) is 5.95 Å². The molecule has 0 unspecified atom stereocenters. The highest BCUT2D eigenvalue weighted by Gasteiger charge is 2.25. The Balaban J connectivity index is 1.08. The Morgan fingerprint density at radius 3 is 1.28 bits per heavy atom. The smallest absolute Gasteiger partial charge is 0.238 e. The highest BCUT2D eigenvalue weighted by molar-refractivity contribution is 6.24. The average Bonchev–Trinajstić information content (AvgIpc) is 4.07. The Kier molecular flexibility index (Phi) is 8.79. The Bertz CT molecular complexity index is 4230. The topological polar surface area (TPSA) is 53.5 Å². The SMILES string of the molecule is c1ccc(-c2ccc(-c3nc(-c4ccccc4)nc(-n4c5ccccc5c5ccc6c7cc(-n8c9ccccc9c9ccccc98)ccc7n(-c7cccc(-c8ccccc8)c7)c6c54)n3)cc2)cc1. The Morgan fingerprint density at radius 1 is 0.232 bits per heavy atom. The van der Waals surface area contributed by atoms with E-state index in [1.54, 1.807) is 0 Å². The van der Waals surface area contributed by atoms with Crippen LogP contribution in [0.4, 0.5) is 0 Å². The van der Waals surface area contributed by atoms with Crippen molar-refractivity contribution < 1.29 is 0 Å².